The van der Waals surface area contributed by atoms with E-state index < -0.39 is 5.54 Å². The number of carbonyl (C=O) groups is 1. The molecule has 0 atom stereocenters. The van der Waals surface area contributed by atoms with E-state index >= 15 is 0 Å². The first kappa shape index (κ1) is 13.1. The summed E-state index contributed by atoms with van der Waals surface area (Å²) in [4.78, 5) is 12.8. The van der Waals surface area contributed by atoms with E-state index in [2.05, 4.69) is 11.4 Å². The van der Waals surface area contributed by atoms with Crippen molar-refractivity contribution in [2.75, 3.05) is 0 Å². The van der Waals surface area contributed by atoms with Gasteiger partial charge < -0.3 is 5.32 Å². The Kier molecular flexibility index (Phi) is 3.69. The Hall–Kier alpha value is -1.38. The van der Waals surface area contributed by atoms with Crippen molar-refractivity contribution in [3.8, 4) is 6.07 Å². The SMILES string of the molecule is CCC(C#N)(CC)NC(=O)c1cc2sccc2s1. The lowest BCUT2D eigenvalue weighted by Crippen LogP contribution is -2.46. The van der Waals surface area contributed by atoms with Gasteiger partial charge in [-0.2, -0.15) is 5.26 Å². The van der Waals surface area contributed by atoms with Crippen LogP contribution in [0.3, 0.4) is 0 Å². The van der Waals surface area contributed by atoms with Crippen LogP contribution in [0.25, 0.3) is 9.40 Å². The van der Waals surface area contributed by atoms with Crippen molar-refractivity contribution in [2.24, 2.45) is 0 Å². The quantitative estimate of drug-likeness (QED) is 0.925. The average Bonchev–Trinajstić information content (AvgIpc) is 2.96. The van der Waals surface area contributed by atoms with E-state index in [0.29, 0.717) is 17.7 Å². The first-order chi connectivity index (χ1) is 8.64. The molecule has 0 saturated heterocycles. The van der Waals surface area contributed by atoms with Gasteiger partial charge in [-0.05, 0) is 30.4 Å². The lowest BCUT2D eigenvalue weighted by Gasteiger charge is -2.24. The van der Waals surface area contributed by atoms with Crippen LogP contribution in [0.15, 0.2) is 17.5 Å². The van der Waals surface area contributed by atoms with Crippen molar-refractivity contribution >= 4 is 38.0 Å². The Morgan fingerprint density at radius 3 is 2.72 bits per heavy atom. The third kappa shape index (κ3) is 2.26. The van der Waals surface area contributed by atoms with Crippen LogP contribution in [0, 0.1) is 11.3 Å². The summed E-state index contributed by atoms with van der Waals surface area (Å²) >= 11 is 3.10. The molecule has 2 heterocycles. The maximum Gasteiger partial charge on any atom is 0.262 e. The zero-order valence-electron chi connectivity index (χ0n) is 10.3. The number of hydrogen-bond acceptors (Lipinski definition) is 4. The predicted octanol–water partition coefficient (Wildman–Crippen LogP) is 3.77. The highest BCUT2D eigenvalue weighted by Crippen LogP contribution is 2.30. The van der Waals surface area contributed by atoms with E-state index in [-0.39, 0.29) is 5.91 Å². The zero-order chi connectivity index (χ0) is 13.2. The molecule has 3 nitrogen and oxygen atoms in total. The van der Waals surface area contributed by atoms with E-state index in [9.17, 15) is 10.1 Å². The van der Waals surface area contributed by atoms with Crippen molar-refractivity contribution < 1.29 is 4.79 Å². The van der Waals surface area contributed by atoms with Crippen molar-refractivity contribution in [1.82, 2.24) is 5.32 Å². The van der Waals surface area contributed by atoms with Gasteiger partial charge in [-0.3, -0.25) is 4.79 Å². The number of hydrogen-bond donors (Lipinski definition) is 1. The molecule has 0 radical (unpaired) electrons. The second-order valence-corrected chi connectivity index (χ2v) is 6.15. The fourth-order valence-corrected chi connectivity index (χ4v) is 3.77. The Bertz CT molecular complexity index is 573. The van der Waals surface area contributed by atoms with Gasteiger partial charge >= 0.3 is 0 Å². The molecule has 0 aliphatic carbocycles. The average molecular weight is 278 g/mol. The molecule has 5 heteroatoms. The van der Waals surface area contributed by atoms with Crippen LogP contribution < -0.4 is 5.32 Å². The van der Waals surface area contributed by atoms with E-state index in [1.807, 2.05) is 31.4 Å². The largest absolute Gasteiger partial charge is 0.333 e. The molecule has 2 rings (SSSR count). The summed E-state index contributed by atoms with van der Waals surface area (Å²) < 4.78 is 2.25. The summed E-state index contributed by atoms with van der Waals surface area (Å²) in [5.74, 6) is -0.145. The fourth-order valence-electron chi connectivity index (χ4n) is 1.77. The number of nitrogens with zero attached hydrogens (tertiary/aromatic N) is 1. The molecule has 18 heavy (non-hydrogen) atoms. The second kappa shape index (κ2) is 5.09. The number of nitriles is 1. The summed E-state index contributed by atoms with van der Waals surface area (Å²) in [7, 11) is 0. The molecule has 0 spiro atoms. The number of carbonyl (C=O) groups excluding carboxylic acids is 1. The van der Waals surface area contributed by atoms with Gasteiger partial charge in [0, 0.05) is 9.40 Å². The van der Waals surface area contributed by atoms with Crippen LogP contribution >= 0.6 is 22.7 Å². The first-order valence-electron chi connectivity index (χ1n) is 5.85. The van der Waals surface area contributed by atoms with Crippen molar-refractivity contribution in [3.63, 3.8) is 0 Å². The maximum atomic E-state index is 12.2. The lowest BCUT2D eigenvalue weighted by atomic mass is 9.95. The highest BCUT2D eigenvalue weighted by Gasteiger charge is 2.28. The maximum absolute atomic E-state index is 12.2. The minimum Gasteiger partial charge on any atom is -0.333 e. The molecule has 0 aliphatic heterocycles. The van der Waals surface area contributed by atoms with Gasteiger partial charge in [0.15, 0.2) is 0 Å². The van der Waals surface area contributed by atoms with Crippen molar-refractivity contribution in [1.29, 1.82) is 5.26 Å². The first-order valence-corrected chi connectivity index (χ1v) is 7.54. The number of rotatable bonds is 4. The molecule has 0 unspecified atom stereocenters. The minimum absolute atomic E-state index is 0.145. The topological polar surface area (TPSA) is 52.9 Å². The summed E-state index contributed by atoms with van der Waals surface area (Å²) in [5, 5.41) is 14.1. The molecule has 1 amide bonds. The molecule has 94 valence electrons. The Labute approximate surface area is 114 Å². The van der Waals surface area contributed by atoms with Crippen molar-refractivity contribution in [3.05, 3.63) is 22.4 Å². The van der Waals surface area contributed by atoms with Crippen molar-refractivity contribution in [2.45, 2.75) is 32.2 Å². The standard InChI is InChI=1S/C13H14N2OS2/c1-3-13(4-2,8-14)15-12(16)11-7-10-9(18-11)5-6-17-10/h5-7H,3-4H2,1-2H3,(H,15,16). The fraction of sp³-hybridized carbons (Fsp3) is 0.385. The highest BCUT2D eigenvalue weighted by molar-refractivity contribution is 7.27. The highest BCUT2D eigenvalue weighted by atomic mass is 32.1. The Balaban J connectivity index is 2.22. The third-order valence-corrected chi connectivity index (χ3v) is 5.23. The summed E-state index contributed by atoms with van der Waals surface area (Å²) in [5.41, 5.74) is -0.742. The molecule has 0 fully saturated rings. The summed E-state index contributed by atoms with van der Waals surface area (Å²) in [6.07, 6.45) is 1.23. The van der Waals surface area contributed by atoms with Crippen LogP contribution in [0.2, 0.25) is 0 Å². The van der Waals surface area contributed by atoms with E-state index in [1.165, 1.54) is 11.3 Å². The van der Waals surface area contributed by atoms with Gasteiger partial charge in [0.1, 0.15) is 5.54 Å². The third-order valence-electron chi connectivity index (χ3n) is 3.14. The number of thiophene rings is 2. The second-order valence-electron chi connectivity index (χ2n) is 4.11. The number of nitrogens with one attached hydrogen (secondary N) is 1. The molecule has 0 saturated carbocycles. The molecular weight excluding hydrogens is 264 g/mol. The van der Waals surface area contributed by atoms with Crippen LogP contribution in [-0.4, -0.2) is 11.4 Å². The van der Waals surface area contributed by atoms with Gasteiger partial charge in [-0.15, -0.1) is 22.7 Å². The molecule has 1 N–H and O–H groups in total. The van der Waals surface area contributed by atoms with Gasteiger partial charge in [-0.1, -0.05) is 13.8 Å². The minimum atomic E-state index is -0.742. The predicted molar refractivity (Wildman–Crippen MR) is 76.1 cm³/mol. The number of fused-ring (bicyclic) bond motifs is 1. The lowest BCUT2D eigenvalue weighted by molar-refractivity contribution is 0.0920. The van der Waals surface area contributed by atoms with E-state index in [4.69, 9.17) is 0 Å². The van der Waals surface area contributed by atoms with E-state index in [0.717, 1.165) is 9.40 Å². The normalized spacial score (nSPS) is 11.4. The smallest absolute Gasteiger partial charge is 0.262 e. The summed E-state index contributed by atoms with van der Waals surface area (Å²) in [6.45, 7) is 3.83. The van der Waals surface area contributed by atoms with Crippen LogP contribution in [0.4, 0.5) is 0 Å². The van der Waals surface area contributed by atoms with Crippen LogP contribution in [0.1, 0.15) is 36.4 Å². The Morgan fingerprint density at radius 1 is 1.44 bits per heavy atom. The molecule has 0 bridgehead atoms. The van der Waals surface area contributed by atoms with Gasteiger partial charge in [0.2, 0.25) is 0 Å². The zero-order valence-corrected chi connectivity index (χ0v) is 12.0. The molecular formula is C13H14N2OS2. The molecule has 0 aromatic carbocycles. The molecule has 2 aromatic heterocycles. The van der Waals surface area contributed by atoms with Crippen LogP contribution in [0.5, 0.6) is 0 Å². The molecule has 0 aliphatic rings. The molecule has 2 aromatic rings. The Morgan fingerprint density at radius 2 is 2.17 bits per heavy atom. The van der Waals surface area contributed by atoms with Gasteiger partial charge in [-0.25, -0.2) is 0 Å². The van der Waals surface area contributed by atoms with Gasteiger partial charge in [0.05, 0.1) is 10.9 Å². The van der Waals surface area contributed by atoms with Gasteiger partial charge in [0.25, 0.3) is 5.91 Å². The summed E-state index contributed by atoms with van der Waals surface area (Å²) in [6, 6.07) is 6.13. The van der Waals surface area contributed by atoms with Crippen LogP contribution in [-0.2, 0) is 0 Å². The van der Waals surface area contributed by atoms with E-state index in [1.54, 1.807) is 11.3 Å². The number of amides is 1. The monoisotopic (exact) mass is 278 g/mol.